The molecule has 0 aliphatic carbocycles. The van der Waals surface area contributed by atoms with E-state index in [9.17, 15) is 27.2 Å². The molecule has 13 heteroatoms. The molecule has 2 aromatic heterocycles. The van der Waals surface area contributed by atoms with Crippen molar-refractivity contribution in [2.24, 2.45) is 7.05 Å². The summed E-state index contributed by atoms with van der Waals surface area (Å²) >= 11 is 0. The van der Waals surface area contributed by atoms with Gasteiger partial charge in [0.1, 0.15) is 22.9 Å². The zero-order valence-corrected chi connectivity index (χ0v) is 17.1. The Balaban J connectivity index is 1.66. The van der Waals surface area contributed by atoms with Gasteiger partial charge in [0, 0.05) is 18.2 Å². The summed E-state index contributed by atoms with van der Waals surface area (Å²) in [5.41, 5.74) is -0.434. The van der Waals surface area contributed by atoms with E-state index < -0.39 is 35.5 Å². The largest absolute Gasteiger partial charge is 0.437 e. The molecule has 0 saturated carbocycles. The first kappa shape index (κ1) is 22.6. The molecule has 34 heavy (non-hydrogen) atoms. The van der Waals surface area contributed by atoms with Crippen molar-refractivity contribution in [3.05, 3.63) is 76.5 Å². The Bertz CT molecular complexity index is 1400. The second-order valence-electron chi connectivity index (χ2n) is 6.72. The zero-order chi connectivity index (χ0) is 24.4. The highest BCUT2D eigenvalue weighted by atomic mass is 19.3. The van der Waals surface area contributed by atoms with Crippen LogP contribution < -0.4 is 15.8 Å². The van der Waals surface area contributed by atoms with E-state index in [0.717, 1.165) is 35.3 Å². The molecule has 2 aromatic carbocycles. The van der Waals surface area contributed by atoms with Crippen LogP contribution in [0.3, 0.4) is 0 Å². The number of amides is 1. The molecule has 0 fully saturated rings. The topological polar surface area (TPSA) is 112 Å². The van der Waals surface area contributed by atoms with E-state index in [0.29, 0.717) is 0 Å². The summed E-state index contributed by atoms with van der Waals surface area (Å²) in [5, 5.41) is 6.10. The maximum absolute atomic E-state index is 13.8. The first-order valence-electron chi connectivity index (χ1n) is 9.44. The Hall–Kier alpha value is -4.55. The van der Waals surface area contributed by atoms with Gasteiger partial charge in [0.25, 0.3) is 5.91 Å². The van der Waals surface area contributed by atoms with Gasteiger partial charge in [0.05, 0.1) is 18.1 Å². The lowest BCUT2D eigenvalue weighted by molar-refractivity contribution is -0.0494. The quantitative estimate of drug-likeness (QED) is 0.424. The van der Waals surface area contributed by atoms with E-state index in [-0.39, 0.29) is 34.3 Å². The number of nitrogens with one attached hydrogen (secondary N) is 1. The monoisotopic (exact) mass is 475 g/mol. The van der Waals surface area contributed by atoms with Gasteiger partial charge in [-0.1, -0.05) is 6.07 Å². The maximum Gasteiger partial charge on any atom is 0.437 e. The van der Waals surface area contributed by atoms with Gasteiger partial charge in [0.15, 0.2) is 5.82 Å². The molecular formula is C21H13F4N5O4. The number of aryl methyl sites for hydroxylation is 1. The molecule has 0 saturated heterocycles. The summed E-state index contributed by atoms with van der Waals surface area (Å²) in [5.74, 6) is -4.41. The number of hydrogen-bond donors (Lipinski definition) is 1. The fourth-order valence-electron chi connectivity index (χ4n) is 2.95. The molecule has 2 heterocycles. The minimum absolute atomic E-state index is 0.0471. The van der Waals surface area contributed by atoms with Crippen LogP contribution >= 0.6 is 0 Å². The summed E-state index contributed by atoms with van der Waals surface area (Å²) in [7, 11) is 1.37. The van der Waals surface area contributed by atoms with E-state index in [4.69, 9.17) is 4.42 Å². The van der Waals surface area contributed by atoms with Crippen molar-refractivity contribution in [3.63, 3.8) is 0 Å². The molecular weight excluding hydrogens is 462 g/mol. The predicted octanol–water partition coefficient (Wildman–Crippen LogP) is 3.63. The summed E-state index contributed by atoms with van der Waals surface area (Å²) in [4.78, 5) is 31.8. The van der Waals surface area contributed by atoms with Gasteiger partial charge in [-0.15, -0.1) is 5.10 Å². The zero-order valence-electron chi connectivity index (χ0n) is 17.1. The van der Waals surface area contributed by atoms with E-state index in [1.165, 1.54) is 25.2 Å². The second kappa shape index (κ2) is 9.13. The first-order valence-corrected chi connectivity index (χ1v) is 9.44. The Kier molecular flexibility index (Phi) is 6.08. The van der Waals surface area contributed by atoms with Crippen LogP contribution in [0.4, 0.5) is 23.4 Å². The van der Waals surface area contributed by atoms with Crippen molar-refractivity contribution in [2.75, 3.05) is 5.32 Å². The minimum Gasteiger partial charge on any atom is -0.434 e. The number of anilines is 1. The molecule has 1 amide bonds. The molecule has 4 rings (SSSR count). The van der Waals surface area contributed by atoms with E-state index in [2.05, 4.69) is 25.1 Å². The molecule has 9 nitrogen and oxygen atoms in total. The molecule has 1 N–H and O–H groups in total. The van der Waals surface area contributed by atoms with Gasteiger partial charge in [0.2, 0.25) is 5.89 Å². The lowest BCUT2D eigenvalue weighted by Crippen LogP contribution is -2.16. The molecule has 0 bridgehead atoms. The number of nitrogens with zero attached hydrogens (tertiary/aromatic N) is 4. The first-order chi connectivity index (χ1) is 16.2. The van der Waals surface area contributed by atoms with Crippen molar-refractivity contribution in [3.8, 4) is 28.5 Å². The van der Waals surface area contributed by atoms with Gasteiger partial charge >= 0.3 is 12.4 Å². The summed E-state index contributed by atoms with van der Waals surface area (Å²) in [6.45, 7) is -3.14. The molecule has 4 aromatic rings. The van der Waals surface area contributed by atoms with E-state index in [1.54, 1.807) is 0 Å². The maximum atomic E-state index is 13.8. The van der Waals surface area contributed by atoms with Crippen LogP contribution in [-0.4, -0.2) is 32.3 Å². The van der Waals surface area contributed by atoms with Gasteiger partial charge in [-0.2, -0.15) is 13.5 Å². The van der Waals surface area contributed by atoms with Crippen LogP contribution in [0.2, 0.25) is 0 Å². The Morgan fingerprint density at radius 1 is 1.12 bits per heavy atom. The Morgan fingerprint density at radius 2 is 1.85 bits per heavy atom. The van der Waals surface area contributed by atoms with Crippen LogP contribution in [0, 0.1) is 11.6 Å². The van der Waals surface area contributed by atoms with Gasteiger partial charge in [-0.25, -0.2) is 18.6 Å². The van der Waals surface area contributed by atoms with Crippen molar-refractivity contribution in [1.82, 2.24) is 19.7 Å². The minimum atomic E-state index is -3.14. The third-order valence-corrected chi connectivity index (χ3v) is 4.49. The predicted molar refractivity (Wildman–Crippen MR) is 109 cm³/mol. The number of carbonyl (C=O) groups excluding carboxylic acids is 1. The standard InChI is InChI=1S/C21H13F4N5O4/c1-30-21(32)34-19(29-30)10-5-6-15(33-20(24)25)11(7-10)14-8-27-16(9-26-14)28-18(31)17-12(22)3-2-4-13(17)23/h2-9,20H,1H3,(H,27,28,31). The molecule has 0 radical (unpaired) electrons. The molecule has 0 aliphatic rings. The number of halogens is 4. The number of rotatable bonds is 6. The average Bonchev–Trinajstić information content (AvgIpc) is 3.12. The highest BCUT2D eigenvalue weighted by molar-refractivity contribution is 6.04. The number of hydrogen-bond acceptors (Lipinski definition) is 7. The highest BCUT2D eigenvalue weighted by Crippen LogP contribution is 2.33. The second-order valence-corrected chi connectivity index (χ2v) is 6.72. The van der Waals surface area contributed by atoms with Crippen LogP contribution in [0.15, 0.2) is 58.0 Å². The summed E-state index contributed by atoms with van der Waals surface area (Å²) in [6.07, 6.45) is 2.19. The van der Waals surface area contributed by atoms with Crippen molar-refractivity contribution < 1.29 is 31.5 Å². The van der Waals surface area contributed by atoms with Crippen LogP contribution in [0.1, 0.15) is 10.4 Å². The molecule has 0 aliphatic heterocycles. The number of ether oxygens (including phenoxy) is 1. The summed E-state index contributed by atoms with van der Waals surface area (Å²) in [6, 6.07) is 6.88. The molecule has 0 spiro atoms. The Labute approximate surface area is 187 Å². The number of aromatic nitrogens is 4. The van der Waals surface area contributed by atoms with Crippen molar-refractivity contribution in [2.45, 2.75) is 6.61 Å². The SMILES string of the molecule is Cn1nc(-c2ccc(OC(F)F)c(-c3cnc(NC(=O)c4c(F)cccc4F)cn3)c2)oc1=O. The van der Waals surface area contributed by atoms with E-state index >= 15 is 0 Å². The van der Waals surface area contributed by atoms with E-state index in [1.807, 2.05) is 0 Å². The molecule has 0 atom stereocenters. The lowest BCUT2D eigenvalue weighted by atomic mass is 10.1. The normalized spacial score (nSPS) is 11.0. The number of carbonyl (C=O) groups is 1. The van der Waals surface area contributed by atoms with Crippen LogP contribution in [0.25, 0.3) is 22.7 Å². The van der Waals surface area contributed by atoms with Crippen molar-refractivity contribution in [1.29, 1.82) is 0 Å². The van der Waals surface area contributed by atoms with Gasteiger partial charge in [-0.3, -0.25) is 9.78 Å². The van der Waals surface area contributed by atoms with Crippen LogP contribution in [-0.2, 0) is 7.05 Å². The summed E-state index contributed by atoms with van der Waals surface area (Å²) < 4.78 is 63.8. The third kappa shape index (κ3) is 4.62. The highest BCUT2D eigenvalue weighted by Gasteiger charge is 2.19. The number of benzene rings is 2. The fraction of sp³-hybridized carbons (Fsp3) is 0.0952. The number of alkyl halides is 2. The lowest BCUT2D eigenvalue weighted by Gasteiger charge is -2.12. The average molecular weight is 475 g/mol. The molecule has 174 valence electrons. The molecule has 0 unspecified atom stereocenters. The van der Waals surface area contributed by atoms with Gasteiger partial charge < -0.3 is 14.5 Å². The Morgan fingerprint density at radius 3 is 2.44 bits per heavy atom. The smallest absolute Gasteiger partial charge is 0.434 e. The fourth-order valence-corrected chi connectivity index (χ4v) is 2.95. The van der Waals surface area contributed by atoms with Crippen molar-refractivity contribution >= 4 is 11.7 Å². The van der Waals surface area contributed by atoms with Crippen LogP contribution in [0.5, 0.6) is 5.75 Å². The third-order valence-electron chi connectivity index (χ3n) is 4.49. The van der Waals surface area contributed by atoms with Gasteiger partial charge in [-0.05, 0) is 30.3 Å².